The van der Waals surface area contributed by atoms with E-state index in [9.17, 15) is 5.11 Å². The van der Waals surface area contributed by atoms with Crippen LogP contribution in [0.5, 0.6) is 11.5 Å². The minimum absolute atomic E-state index is 0.0536. The fourth-order valence-electron chi connectivity index (χ4n) is 4.17. The molecule has 32 heavy (non-hydrogen) atoms. The predicted molar refractivity (Wildman–Crippen MR) is 122 cm³/mol. The second kappa shape index (κ2) is 8.84. The quantitative estimate of drug-likeness (QED) is 0.462. The molecule has 1 atom stereocenters. The predicted octanol–water partition coefficient (Wildman–Crippen LogP) is 3.57. The number of anilines is 1. The number of rotatable bonds is 7. The van der Waals surface area contributed by atoms with Crippen molar-refractivity contribution < 1.29 is 14.6 Å². The van der Waals surface area contributed by atoms with Crippen LogP contribution in [-0.2, 0) is 6.61 Å². The first-order valence-corrected chi connectivity index (χ1v) is 10.7. The van der Waals surface area contributed by atoms with Gasteiger partial charge >= 0.3 is 0 Å². The molecule has 164 valence electrons. The number of aliphatic hydroxyl groups is 1. The summed E-state index contributed by atoms with van der Waals surface area (Å²) in [5.74, 6) is 2.85. The lowest BCUT2D eigenvalue weighted by molar-refractivity contribution is 0.266. The maximum absolute atomic E-state index is 9.91. The van der Waals surface area contributed by atoms with Crippen LogP contribution in [0, 0.1) is 0 Å². The lowest BCUT2D eigenvalue weighted by Gasteiger charge is -2.26. The Hall–Kier alpha value is -3.65. The van der Waals surface area contributed by atoms with Crippen LogP contribution >= 0.6 is 0 Å². The molecule has 8 nitrogen and oxygen atoms in total. The summed E-state index contributed by atoms with van der Waals surface area (Å²) in [5, 5.41) is 17.8. The zero-order valence-corrected chi connectivity index (χ0v) is 17.9. The first-order valence-electron chi connectivity index (χ1n) is 10.7. The molecule has 2 aromatic heterocycles. The molecule has 0 aliphatic carbocycles. The summed E-state index contributed by atoms with van der Waals surface area (Å²) in [7, 11) is 1.63. The maximum atomic E-state index is 9.91. The Bertz CT molecular complexity index is 1210. The van der Waals surface area contributed by atoms with E-state index in [4.69, 9.17) is 19.4 Å². The van der Waals surface area contributed by atoms with Gasteiger partial charge in [0, 0.05) is 29.8 Å². The Morgan fingerprint density at radius 3 is 2.84 bits per heavy atom. The van der Waals surface area contributed by atoms with Crippen molar-refractivity contribution in [1.29, 1.82) is 0 Å². The number of methoxy groups -OCH3 is 1. The molecule has 2 N–H and O–H groups in total. The van der Waals surface area contributed by atoms with Gasteiger partial charge in [0.25, 0.3) is 0 Å². The average molecular weight is 431 g/mol. The normalized spacial score (nSPS) is 15.9. The van der Waals surface area contributed by atoms with Gasteiger partial charge in [0.1, 0.15) is 23.9 Å². The van der Waals surface area contributed by atoms with Crippen LogP contribution in [0.15, 0.2) is 54.9 Å². The molecule has 4 aromatic rings. The Kier molecular flexibility index (Phi) is 5.60. The van der Waals surface area contributed by atoms with E-state index >= 15 is 0 Å². The van der Waals surface area contributed by atoms with E-state index in [0.717, 1.165) is 53.0 Å². The zero-order valence-electron chi connectivity index (χ0n) is 17.9. The fourth-order valence-corrected chi connectivity index (χ4v) is 4.17. The van der Waals surface area contributed by atoms with Crippen molar-refractivity contribution in [2.24, 2.45) is 0 Å². The number of aromatic nitrogens is 4. The third kappa shape index (κ3) is 3.97. The molecule has 0 radical (unpaired) electrons. The number of nitrogens with zero attached hydrogens (tertiary/aromatic N) is 4. The van der Waals surface area contributed by atoms with E-state index < -0.39 is 0 Å². The Morgan fingerprint density at radius 1 is 1.12 bits per heavy atom. The molecular weight excluding hydrogens is 406 g/mol. The van der Waals surface area contributed by atoms with Crippen LogP contribution in [0.2, 0.25) is 0 Å². The standard InChI is InChI=1S/C24H25N5O3/c1-31-19-5-2-6-20(11-19)32-15-23-27-22-8-7-16(17-12-25-26-13-17)10-21(22)24(28-23)29-9-3-4-18(29)14-30/h2,5-8,10-13,18,30H,3-4,9,14-15H2,1H3,(H,25,26). The fraction of sp³-hybridized carbons (Fsp3) is 0.292. The maximum Gasteiger partial charge on any atom is 0.168 e. The van der Waals surface area contributed by atoms with Crippen molar-refractivity contribution in [1.82, 2.24) is 20.2 Å². The van der Waals surface area contributed by atoms with Gasteiger partial charge in [-0.05, 0) is 42.7 Å². The molecule has 2 aromatic carbocycles. The number of ether oxygens (including phenoxy) is 2. The highest BCUT2D eigenvalue weighted by Crippen LogP contribution is 2.33. The highest BCUT2D eigenvalue weighted by atomic mass is 16.5. The van der Waals surface area contributed by atoms with Crippen LogP contribution in [-0.4, -0.2) is 51.6 Å². The van der Waals surface area contributed by atoms with Gasteiger partial charge in [-0.2, -0.15) is 5.10 Å². The van der Waals surface area contributed by atoms with Crippen LogP contribution in [0.4, 0.5) is 5.82 Å². The Balaban J connectivity index is 1.53. The van der Waals surface area contributed by atoms with Crippen LogP contribution in [0.25, 0.3) is 22.0 Å². The first-order chi connectivity index (χ1) is 15.7. The zero-order chi connectivity index (χ0) is 21.9. The number of fused-ring (bicyclic) bond motifs is 1. The van der Waals surface area contributed by atoms with Crippen molar-refractivity contribution in [2.75, 3.05) is 25.2 Å². The molecule has 8 heteroatoms. The minimum atomic E-state index is 0.0536. The molecular formula is C24H25N5O3. The molecule has 1 unspecified atom stereocenters. The van der Waals surface area contributed by atoms with Crippen molar-refractivity contribution >= 4 is 16.7 Å². The summed E-state index contributed by atoms with van der Waals surface area (Å²) < 4.78 is 11.2. The van der Waals surface area contributed by atoms with Crippen molar-refractivity contribution in [3.05, 3.63) is 60.7 Å². The van der Waals surface area contributed by atoms with Crippen molar-refractivity contribution in [2.45, 2.75) is 25.5 Å². The Morgan fingerprint density at radius 2 is 2.03 bits per heavy atom. The smallest absolute Gasteiger partial charge is 0.168 e. The second-order valence-electron chi connectivity index (χ2n) is 7.82. The van der Waals surface area contributed by atoms with Gasteiger partial charge < -0.3 is 19.5 Å². The number of hydrogen-bond donors (Lipinski definition) is 2. The van der Waals surface area contributed by atoms with Crippen LogP contribution in [0.1, 0.15) is 18.7 Å². The molecule has 1 saturated heterocycles. The van der Waals surface area contributed by atoms with E-state index in [1.165, 1.54) is 0 Å². The highest BCUT2D eigenvalue weighted by molar-refractivity contribution is 5.93. The number of benzene rings is 2. The summed E-state index contributed by atoms with van der Waals surface area (Å²) >= 11 is 0. The van der Waals surface area contributed by atoms with Gasteiger partial charge in [0.15, 0.2) is 5.82 Å². The Labute approximate surface area is 185 Å². The monoisotopic (exact) mass is 431 g/mol. The van der Waals surface area contributed by atoms with Gasteiger partial charge in [-0.25, -0.2) is 9.97 Å². The van der Waals surface area contributed by atoms with Gasteiger partial charge in [-0.15, -0.1) is 0 Å². The second-order valence-corrected chi connectivity index (χ2v) is 7.82. The van der Waals surface area contributed by atoms with E-state index in [-0.39, 0.29) is 19.3 Å². The number of H-pyrrole nitrogens is 1. The average Bonchev–Trinajstić information content (AvgIpc) is 3.54. The van der Waals surface area contributed by atoms with E-state index in [0.29, 0.717) is 11.6 Å². The summed E-state index contributed by atoms with van der Waals surface area (Å²) in [6.45, 7) is 1.18. The number of hydrogen-bond acceptors (Lipinski definition) is 7. The molecule has 3 heterocycles. The van der Waals surface area contributed by atoms with Gasteiger partial charge in [-0.1, -0.05) is 12.1 Å². The van der Waals surface area contributed by atoms with Gasteiger partial charge in [0.05, 0.1) is 31.5 Å². The summed E-state index contributed by atoms with van der Waals surface area (Å²) in [6, 6.07) is 13.6. The summed E-state index contributed by atoms with van der Waals surface area (Å²) in [6.07, 6.45) is 5.63. The van der Waals surface area contributed by atoms with Crippen molar-refractivity contribution in [3.8, 4) is 22.6 Å². The highest BCUT2D eigenvalue weighted by Gasteiger charge is 2.27. The van der Waals surface area contributed by atoms with E-state index in [1.807, 2.05) is 42.6 Å². The molecule has 5 rings (SSSR count). The molecule has 1 aliphatic heterocycles. The van der Waals surface area contributed by atoms with Gasteiger partial charge in [-0.3, -0.25) is 5.10 Å². The van der Waals surface area contributed by atoms with Crippen LogP contribution in [0.3, 0.4) is 0 Å². The van der Waals surface area contributed by atoms with Crippen LogP contribution < -0.4 is 14.4 Å². The van der Waals surface area contributed by atoms with Gasteiger partial charge in [0.2, 0.25) is 0 Å². The third-order valence-electron chi connectivity index (χ3n) is 5.82. The first kappa shape index (κ1) is 20.3. The topological polar surface area (TPSA) is 96.4 Å². The number of aromatic amines is 1. The van der Waals surface area contributed by atoms with E-state index in [2.05, 4.69) is 21.2 Å². The molecule has 0 amide bonds. The van der Waals surface area contributed by atoms with Crippen molar-refractivity contribution in [3.63, 3.8) is 0 Å². The molecule has 0 spiro atoms. The summed E-state index contributed by atoms with van der Waals surface area (Å²) in [5.41, 5.74) is 2.88. The molecule has 1 aliphatic rings. The van der Waals surface area contributed by atoms with E-state index in [1.54, 1.807) is 13.3 Å². The molecule has 1 fully saturated rings. The lowest BCUT2D eigenvalue weighted by atomic mass is 10.1. The summed E-state index contributed by atoms with van der Waals surface area (Å²) in [4.78, 5) is 11.8. The number of aliphatic hydroxyl groups excluding tert-OH is 1. The lowest BCUT2D eigenvalue weighted by Crippen LogP contribution is -2.33. The largest absolute Gasteiger partial charge is 0.497 e. The third-order valence-corrected chi connectivity index (χ3v) is 5.82. The SMILES string of the molecule is COc1cccc(OCc2nc(N3CCCC3CO)c3cc(-c4cn[nH]c4)ccc3n2)c1. The molecule has 0 bridgehead atoms. The molecule has 0 saturated carbocycles. The number of nitrogens with one attached hydrogen (secondary N) is 1. The minimum Gasteiger partial charge on any atom is -0.497 e.